The van der Waals surface area contributed by atoms with E-state index in [9.17, 15) is 22.8 Å². The minimum absolute atomic E-state index is 0.0352. The van der Waals surface area contributed by atoms with Crippen molar-refractivity contribution < 1.29 is 22.7 Å². The lowest BCUT2D eigenvalue weighted by atomic mass is 9.90. The Kier molecular flexibility index (Phi) is 8.15. The number of amidine groups is 1. The highest BCUT2D eigenvalue weighted by Crippen LogP contribution is 2.35. The number of piperidine rings is 2. The molecule has 1 amide bonds. The lowest BCUT2D eigenvalue weighted by molar-refractivity contribution is -0.165. The molecule has 0 radical (unpaired) electrons. The molecular formula is C34H36F3N7O3. The van der Waals surface area contributed by atoms with Crippen molar-refractivity contribution in [2.75, 3.05) is 36.4 Å². The Hall–Kier alpha value is -4.81. The molecule has 7 rings (SSSR count). The number of benzene rings is 2. The summed E-state index contributed by atoms with van der Waals surface area (Å²) in [6.07, 6.45) is -2.17. The summed E-state index contributed by atoms with van der Waals surface area (Å²) < 4.78 is 51.2. The van der Waals surface area contributed by atoms with Gasteiger partial charge in [-0.25, -0.2) is 14.8 Å². The van der Waals surface area contributed by atoms with Gasteiger partial charge in [0.25, 0.3) is 11.9 Å². The number of anilines is 2. The van der Waals surface area contributed by atoms with E-state index in [2.05, 4.69) is 32.3 Å². The molecular weight excluding hydrogens is 611 g/mol. The number of alkyl halides is 3. The largest absolute Gasteiger partial charge is 0.449 e. The SMILES string of the molecule is Cn1c(=O)n(C2CCN(c3ccc(NC(=O)C4OC(N5CCC(c6ccccc6)CC5)=NC4C(F)(F)F)cn3)CC2)c2ccccc21. The maximum atomic E-state index is 14.0. The van der Waals surface area contributed by atoms with Gasteiger partial charge in [-0.1, -0.05) is 42.5 Å². The summed E-state index contributed by atoms with van der Waals surface area (Å²) in [6.45, 7) is 2.31. The first-order chi connectivity index (χ1) is 22.7. The van der Waals surface area contributed by atoms with Gasteiger partial charge in [-0.05, 0) is 61.4 Å². The molecule has 0 bridgehead atoms. The zero-order valence-corrected chi connectivity index (χ0v) is 25.9. The number of imidazole rings is 1. The molecule has 4 aromatic rings. The Morgan fingerprint density at radius 3 is 2.19 bits per heavy atom. The van der Waals surface area contributed by atoms with E-state index in [1.54, 1.807) is 28.6 Å². The first-order valence-electron chi connectivity index (χ1n) is 16.0. The Balaban J connectivity index is 0.961. The minimum Gasteiger partial charge on any atom is -0.449 e. The molecule has 10 nitrogen and oxygen atoms in total. The second-order valence-electron chi connectivity index (χ2n) is 12.4. The first-order valence-corrected chi connectivity index (χ1v) is 16.0. The zero-order chi connectivity index (χ0) is 32.7. The molecule has 2 unspecified atom stereocenters. The second-order valence-corrected chi connectivity index (χ2v) is 12.4. The van der Waals surface area contributed by atoms with Crippen LogP contribution >= 0.6 is 0 Å². The van der Waals surface area contributed by atoms with Crippen molar-refractivity contribution in [3.63, 3.8) is 0 Å². The van der Waals surface area contributed by atoms with Gasteiger partial charge in [0, 0.05) is 39.3 Å². The number of fused-ring (bicyclic) bond motifs is 1. The van der Waals surface area contributed by atoms with Gasteiger partial charge in [-0.3, -0.25) is 13.9 Å². The van der Waals surface area contributed by atoms with Gasteiger partial charge in [0.1, 0.15) is 5.82 Å². The normalized spacial score (nSPS) is 21.1. The van der Waals surface area contributed by atoms with E-state index in [4.69, 9.17) is 4.74 Å². The van der Waals surface area contributed by atoms with Crippen LogP contribution in [-0.4, -0.2) is 75.4 Å². The van der Waals surface area contributed by atoms with Crippen LogP contribution in [0, 0.1) is 0 Å². The third-order valence-electron chi connectivity index (χ3n) is 9.56. The van der Waals surface area contributed by atoms with Crippen LogP contribution in [0.25, 0.3) is 11.0 Å². The summed E-state index contributed by atoms with van der Waals surface area (Å²) >= 11 is 0. The Bertz CT molecular complexity index is 1820. The van der Waals surface area contributed by atoms with Crippen molar-refractivity contribution >= 4 is 34.5 Å². The van der Waals surface area contributed by atoms with E-state index in [-0.39, 0.29) is 23.4 Å². The molecule has 2 aromatic carbocycles. The van der Waals surface area contributed by atoms with Crippen LogP contribution in [0.3, 0.4) is 0 Å². The molecule has 0 spiro atoms. The number of aryl methyl sites for hydroxylation is 1. The Morgan fingerprint density at radius 2 is 1.53 bits per heavy atom. The summed E-state index contributed by atoms with van der Waals surface area (Å²) in [5.74, 6) is 0.0604. The van der Waals surface area contributed by atoms with E-state index >= 15 is 0 Å². The number of rotatable bonds is 5. The summed E-state index contributed by atoms with van der Waals surface area (Å²) in [5.41, 5.74) is 3.24. The van der Waals surface area contributed by atoms with Crippen molar-refractivity contribution in [2.45, 2.75) is 56.0 Å². The fourth-order valence-corrected chi connectivity index (χ4v) is 7.01. The maximum absolute atomic E-state index is 14.0. The van der Waals surface area contributed by atoms with E-state index in [1.807, 2.05) is 47.0 Å². The Labute approximate surface area is 269 Å². The molecule has 5 heterocycles. The van der Waals surface area contributed by atoms with Crippen LogP contribution in [0.5, 0.6) is 0 Å². The highest BCUT2D eigenvalue weighted by atomic mass is 19.4. The lowest BCUT2D eigenvalue weighted by Gasteiger charge is -2.33. The third kappa shape index (κ3) is 6.06. The Morgan fingerprint density at radius 1 is 0.872 bits per heavy atom. The summed E-state index contributed by atoms with van der Waals surface area (Å²) in [4.78, 5) is 38.2. The number of para-hydroxylation sites is 2. The third-order valence-corrected chi connectivity index (χ3v) is 9.56. The van der Waals surface area contributed by atoms with Crippen molar-refractivity contribution in [3.05, 3.63) is 89.0 Å². The van der Waals surface area contributed by atoms with Crippen LogP contribution in [0.1, 0.15) is 43.2 Å². The maximum Gasteiger partial charge on any atom is 0.415 e. The van der Waals surface area contributed by atoms with Crippen LogP contribution < -0.4 is 15.9 Å². The van der Waals surface area contributed by atoms with Gasteiger partial charge in [-0.2, -0.15) is 13.2 Å². The number of aliphatic imine (C=N–C) groups is 1. The van der Waals surface area contributed by atoms with E-state index < -0.39 is 24.2 Å². The summed E-state index contributed by atoms with van der Waals surface area (Å²) in [5, 5.41) is 2.55. The zero-order valence-electron chi connectivity index (χ0n) is 25.9. The standard InChI is InChI=1S/C34H36F3N7O3/c1-41-26-9-5-6-10-27(26)44(33(41)46)25-15-19-42(20-16-25)28-12-11-24(21-38-28)39-31(45)29-30(34(35,36)37)40-32(47-29)43-17-13-23(14-18-43)22-7-3-2-4-8-22/h2-12,21,23,25,29-30H,13-20H2,1H3,(H,39,45). The molecule has 0 aliphatic carbocycles. The second kappa shape index (κ2) is 12.4. The first kappa shape index (κ1) is 30.8. The topological polar surface area (TPSA) is 97.0 Å². The molecule has 246 valence electrons. The number of hydrogen-bond donors (Lipinski definition) is 1. The number of pyridine rings is 1. The lowest BCUT2D eigenvalue weighted by Crippen LogP contribution is -2.45. The molecule has 0 saturated carbocycles. The minimum atomic E-state index is -4.75. The van der Waals surface area contributed by atoms with Gasteiger partial charge < -0.3 is 19.9 Å². The number of hydrogen-bond acceptors (Lipinski definition) is 7. The van der Waals surface area contributed by atoms with Crippen LogP contribution in [0.15, 0.2) is 82.7 Å². The van der Waals surface area contributed by atoms with Crippen LogP contribution in [0.2, 0.25) is 0 Å². The van der Waals surface area contributed by atoms with E-state index in [0.29, 0.717) is 37.9 Å². The number of likely N-dealkylation sites (tertiary alicyclic amines) is 1. The quantitative estimate of drug-likeness (QED) is 0.325. The molecule has 3 aliphatic rings. The van der Waals surface area contributed by atoms with E-state index in [0.717, 1.165) is 36.7 Å². The number of nitrogens with one attached hydrogen (secondary N) is 1. The molecule has 2 aromatic heterocycles. The van der Waals surface area contributed by atoms with Gasteiger partial charge in [0.05, 0.1) is 22.9 Å². The van der Waals surface area contributed by atoms with Crippen molar-refractivity contribution in [3.8, 4) is 0 Å². The van der Waals surface area contributed by atoms with Gasteiger partial charge in [0.15, 0.2) is 6.04 Å². The molecule has 2 fully saturated rings. The average molecular weight is 648 g/mol. The number of amides is 1. The fraction of sp³-hybridized carbons (Fsp3) is 0.412. The molecule has 3 aliphatic heterocycles. The molecule has 13 heteroatoms. The van der Waals surface area contributed by atoms with Crippen molar-refractivity contribution in [1.29, 1.82) is 0 Å². The van der Waals surface area contributed by atoms with Gasteiger partial charge in [-0.15, -0.1) is 0 Å². The fourth-order valence-electron chi connectivity index (χ4n) is 7.01. The number of ether oxygens (including phenoxy) is 1. The highest BCUT2D eigenvalue weighted by Gasteiger charge is 2.54. The monoisotopic (exact) mass is 647 g/mol. The number of aromatic nitrogens is 3. The molecule has 2 atom stereocenters. The highest BCUT2D eigenvalue weighted by molar-refractivity contribution is 5.97. The summed E-state index contributed by atoms with van der Waals surface area (Å²) in [7, 11) is 1.78. The van der Waals surface area contributed by atoms with Gasteiger partial charge >= 0.3 is 11.9 Å². The molecule has 2 saturated heterocycles. The van der Waals surface area contributed by atoms with Crippen molar-refractivity contribution in [2.24, 2.45) is 12.0 Å². The molecule has 1 N–H and O–H groups in total. The number of carbonyl (C=O) groups excluding carboxylic acids is 1. The number of halogens is 3. The van der Waals surface area contributed by atoms with Gasteiger partial charge in [0.2, 0.25) is 6.10 Å². The van der Waals surface area contributed by atoms with Crippen molar-refractivity contribution in [1.82, 2.24) is 19.0 Å². The molecule has 47 heavy (non-hydrogen) atoms. The number of nitrogens with zero attached hydrogens (tertiary/aromatic N) is 6. The van der Waals surface area contributed by atoms with E-state index in [1.165, 1.54) is 11.8 Å². The smallest absolute Gasteiger partial charge is 0.415 e. The summed E-state index contributed by atoms with van der Waals surface area (Å²) in [6, 6.07) is 18.8. The van der Waals surface area contributed by atoms with Crippen LogP contribution in [0.4, 0.5) is 24.7 Å². The predicted octanol–water partition coefficient (Wildman–Crippen LogP) is 5.08. The predicted molar refractivity (Wildman–Crippen MR) is 173 cm³/mol. The number of carbonyl (C=O) groups is 1. The average Bonchev–Trinajstić information content (AvgIpc) is 3.66. The van der Waals surface area contributed by atoms with Crippen LogP contribution in [-0.2, 0) is 16.6 Å².